The van der Waals surface area contributed by atoms with Crippen LogP contribution in [0, 0.1) is 0 Å². The molecular formula is C15H32N2S. The number of thioether (sulfide) groups is 1. The zero-order valence-corrected chi connectivity index (χ0v) is 13.2. The molecular weight excluding hydrogens is 240 g/mol. The van der Waals surface area contributed by atoms with Gasteiger partial charge in [0.05, 0.1) is 0 Å². The molecule has 0 aromatic heterocycles. The van der Waals surface area contributed by atoms with Gasteiger partial charge in [0.25, 0.3) is 0 Å². The fourth-order valence-corrected chi connectivity index (χ4v) is 3.27. The summed E-state index contributed by atoms with van der Waals surface area (Å²) in [5.41, 5.74) is 0. The molecule has 0 saturated heterocycles. The van der Waals surface area contributed by atoms with Crippen molar-refractivity contribution in [2.75, 3.05) is 38.7 Å². The predicted octanol–water partition coefficient (Wildman–Crippen LogP) is 3.37. The van der Waals surface area contributed by atoms with Crippen molar-refractivity contribution in [2.45, 2.75) is 57.4 Å². The summed E-state index contributed by atoms with van der Waals surface area (Å²) in [5.74, 6) is 1.31. The summed E-state index contributed by atoms with van der Waals surface area (Å²) in [4.78, 5) is 2.59. The van der Waals surface area contributed by atoms with E-state index in [0.717, 1.165) is 6.04 Å². The van der Waals surface area contributed by atoms with Crippen molar-refractivity contribution in [3.63, 3.8) is 0 Å². The van der Waals surface area contributed by atoms with Crippen LogP contribution in [0.15, 0.2) is 0 Å². The number of rotatable bonds is 10. The van der Waals surface area contributed by atoms with Crippen molar-refractivity contribution in [3.05, 3.63) is 0 Å². The second-order valence-corrected chi connectivity index (χ2v) is 6.56. The van der Waals surface area contributed by atoms with Gasteiger partial charge in [-0.2, -0.15) is 11.8 Å². The summed E-state index contributed by atoms with van der Waals surface area (Å²) in [6.45, 7) is 3.66. The normalized spacial score (nSPS) is 17.5. The van der Waals surface area contributed by atoms with Crippen LogP contribution < -0.4 is 5.32 Å². The first kappa shape index (κ1) is 16.3. The van der Waals surface area contributed by atoms with Gasteiger partial charge in [-0.3, -0.25) is 0 Å². The summed E-state index contributed by atoms with van der Waals surface area (Å²) in [5, 5.41) is 3.57. The van der Waals surface area contributed by atoms with Gasteiger partial charge in [0.15, 0.2) is 0 Å². The van der Waals surface area contributed by atoms with Crippen LogP contribution in [0.4, 0.5) is 0 Å². The lowest BCUT2D eigenvalue weighted by atomic mass is 9.94. The van der Waals surface area contributed by atoms with Crippen molar-refractivity contribution < 1.29 is 0 Å². The van der Waals surface area contributed by atoms with Gasteiger partial charge >= 0.3 is 0 Å². The molecule has 0 radical (unpaired) electrons. The van der Waals surface area contributed by atoms with Crippen LogP contribution in [-0.4, -0.2) is 49.6 Å². The minimum Gasteiger partial charge on any atom is -0.317 e. The van der Waals surface area contributed by atoms with Crippen LogP contribution in [0.3, 0.4) is 0 Å². The number of nitrogens with zero attached hydrogens (tertiary/aromatic N) is 1. The maximum Gasteiger partial charge on any atom is 0.00922 e. The highest BCUT2D eigenvalue weighted by atomic mass is 32.2. The molecule has 18 heavy (non-hydrogen) atoms. The van der Waals surface area contributed by atoms with Gasteiger partial charge in [-0.25, -0.2) is 0 Å². The van der Waals surface area contributed by atoms with Crippen LogP contribution in [0.25, 0.3) is 0 Å². The van der Waals surface area contributed by atoms with Crippen LogP contribution in [0.5, 0.6) is 0 Å². The zero-order valence-electron chi connectivity index (χ0n) is 12.4. The molecule has 1 aliphatic carbocycles. The van der Waals surface area contributed by atoms with Crippen LogP contribution in [0.1, 0.15) is 51.4 Å². The van der Waals surface area contributed by atoms with E-state index in [2.05, 4.69) is 23.5 Å². The molecule has 0 atom stereocenters. The monoisotopic (exact) mass is 272 g/mol. The highest BCUT2D eigenvalue weighted by molar-refractivity contribution is 7.98. The van der Waals surface area contributed by atoms with Gasteiger partial charge in [-0.1, -0.05) is 19.3 Å². The van der Waals surface area contributed by atoms with Gasteiger partial charge in [0, 0.05) is 6.04 Å². The minimum atomic E-state index is 0.875. The fourth-order valence-electron chi connectivity index (χ4n) is 2.78. The summed E-state index contributed by atoms with van der Waals surface area (Å²) in [6.07, 6.45) is 13.4. The Kier molecular flexibility index (Phi) is 10.1. The lowest BCUT2D eigenvalue weighted by Gasteiger charge is -2.31. The minimum absolute atomic E-state index is 0.875. The van der Waals surface area contributed by atoms with E-state index in [4.69, 9.17) is 0 Å². The molecule has 1 N–H and O–H groups in total. The fraction of sp³-hybridized carbons (Fsp3) is 1.00. The topological polar surface area (TPSA) is 15.3 Å². The summed E-state index contributed by atoms with van der Waals surface area (Å²) >= 11 is 1.96. The van der Waals surface area contributed by atoms with Gasteiger partial charge in [-0.05, 0) is 70.8 Å². The maximum absolute atomic E-state index is 3.57. The predicted molar refractivity (Wildman–Crippen MR) is 84.6 cm³/mol. The van der Waals surface area contributed by atoms with Crippen molar-refractivity contribution in [3.8, 4) is 0 Å². The van der Waals surface area contributed by atoms with Crippen molar-refractivity contribution >= 4 is 11.8 Å². The molecule has 0 unspecified atom stereocenters. The molecule has 1 aliphatic rings. The maximum atomic E-state index is 3.57. The Hall–Kier alpha value is 0.270. The van der Waals surface area contributed by atoms with Crippen LogP contribution >= 0.6 is 11.8 Å². The summed E-state index contributed by atoms with van der Waals surface area (Å²) in [6, 6.07) is 0.875. The molecule has 1 saturated carbocycles. The Labute approximate surface area is 118 Å². The second-order valence-electron chi connectivity index (χ2n) is 5.58. The molecule has 0 amide bonds. The molecule has 0 heterocycles. The van der Waals surface area contributed by atoms with E-state index in [0.29, 0.717) is 0 Å². The standard InChI is InChI=1S/C15H32N2S/c1-17(15-9-4-3-5-10-15)13-8-12-16-11-6-7-14-18-2/h15-16H,3-14H2,1-2H3. The first-order valence-electron chi connectivity index (χ1n) is 7.74. The highest BCUT2D eigenvalue weighted by Crippen LogP contribution is 2.21. The molecule has 3 heteroatoms. The third-order valence-corrected chi connectivity index (χ3v) is 4.71. The first-order chi connectivity index (χ1) is 8.84. The zero-order chi connectivity index (χ0) is 13.1. The Bertz CT molecular complexity index is 181. The van der Waals surface area contributed by atoms with E-state index >= 15 is 0 Å². The van der Waals surface area contributed by atoms with E-state index in [1.165, 1.54) is 76.8 Å². The third-order valence-electron chi connectivity index (χ3n) is 4.01. The van der Waals surface area contributed by atoms with Gasteiger partial charge < -0.3 is 10.2 Å². The quantitative estimate of drug-likeness (QED) is 0.614. The summed E-state index contributed by atoms with van der Waals surface area (Å²) < 4.78 is 0. The Balaban J connectivity index is 1.87. The molecule has 2 nitrogen and oxygen atoms in total. The molecule has 0 aromatic carbocycles. The van der Waals surface area contributed by atoms with Crippen LogP contribution in [-0.2, 0) is 0 Å². The molecule has 0 bridgehead atoms. The van der Waals surface area contributed by atoms with E-state index in [1.807, 2.05) is 11.8 Å². The molecule has 1 rings (SSSR count). The average Bonchev–Trinajstić information content (AvgIpc) is 2.42. The lowest BCUT2D eigenvalue weighted by Crippen LogP contribution is -2.35. The first-order valence-corrected chi connectivity index (χ1v) is 9.14. The Morgan fingerprint density at radius 1 is 1.06 bits per heavy atom. The van der Waals surface area contributed by atoms with Crippen molar-refractivity contribution in [1.82, 2.24) is 10.2 Å². The van der Waals surface area contributed by atoms with Gasteiger partial charge in [0.2, 0.25) is 0 Å². The van der Waals surface area contributed by atoms with Crippen molar-refractivity contribution in [1.29, 1.82) is 0 Å². The van der Waals surface area contributed by atoms with E-state index in [9.17, 15) is 0 Å². The van der Waals surface area contributed by atoms with Crippen molar-refractivity contribution in [2.24, 2.45) is 0 Å². The summed E-state index contributed by atoms with van der Waals surface area (Å²) in [7, 11) is 2.31. The Morgan fingerprint density at radius 2 is 1.78 bits per heavy atom. The second kappa shape index (κ2) is 11.1. The largest absolute Gasteiger partial charge is 0.317 e. The Morgan fingerprint density at radius 3 is 2.50 bits per heavy atom. The SMILES string of the molecule is CSCCCCNCCCN(C)C1CCCCC1. The smallest absolute Gasteiger partial charge is 0.00922 e. The average molecular weight is 273 g/mol. The van der Waals surface area contributed by atoms with Gasteiger partial charge in [-0.15, -0.1) is 0 Å². The van der Waals surface area contributed by atoms with Crippen LogP contribution in [0.2, 0.25) is 0 Å². The molecule has 0 aromatic rings. The number of nitrogens with one attached hydrogen (secondary N) is 1. The molecule has 0 aliphatic heterocycles. The molecule has 108 valence electrons. The van der Waals surface area contributed by atoms with E-state index in [-0.39, 0.29) is 0 Å². The van der Waals surface area contributed by atoms with E-state index in [1.54, 1.807) is 0 Å². The van der Waals surface area contributed by atoms with Gasteiger partial charge in [0.1, 0.15) is 0 Å². The third kappa shape index (κ3) is 7.65. The highest BCUT2D eigenvalue weighted by Gasteiger charge is 2.16. The number of hydrogen-bond acceptors (Lipinski definition) is 3. The molecule has 1 fully saturated rings. The number of hydrogen-bond donors (Lipinski definition) is 1. The van der Waals surface area contributed by atoms with E-state index < -0.39 is 0 Å². The number of unbranched alkanes of at least 4 members (excludes halogenated alkanes) is 1. The molecule has 0 spiro atoms. The lowest BCUT2D eigenvalue weighted by molar-refractivity contribution is 0.189.